The summed E-state index contributed by atoms with van der Waals surface area (Å²) in [4.78, 5) is 32.8. The zero-order valence-corrected chi connectivity index (χ0v) is 16.0. The highest BCUT2D eigenvalue weighted by atomic mass is 19.1. The Balaban J connectivity index is 1.82. The number of hydrogen-bond donors (Lipinski definition) is 1. The molecule has 0 spiro atoms. The normalized spacial score (nSPS) is 11.0. The van der Waals surface area contributed by atoms with Crippen molar-refractivity contribution < 1.29 is 4.39 Å². The number of aromatic nitrogens is 3. The Morgan fingerprint density at radius 1 is 1.00 bits per heavy atom. The van der Waals surface area contributed by atoms with Gasteiger partial charge in [0.15, 0.2) is 0 Å². The Bertz CT molecular complexity index is 1660. The third-order valence-electron chi connectivity index (χ3n) is 5.20. The van der Waals surface area contributed by atoms with Gasteiger partial charge < -0.3 is 4.98 Å². The van der Waals surface area contributed by atoms with Gasteiger partial charge in [-0.05, 0) is 29.3 Å². The average molecular weight is 408 g/mol. The average Bonchev–Trinajstić information content (AvgIpc) is 2.78. The number of halogens is 1. The van der Waals surface area contributed by atoms with E-state index in [0.717, 1.165) is 9.95 Å². The van der Waals surface area contributed by atoms with Crippen molar-refractivity contribution in [2.24, 2.45) is 0 Å². The van der Waals surface area contributed by atoms with Gasteiger partial charge in [0, 0.05) is 17.0 Å². The maximum absolute atomic E-state index is 15.1. The molecule has 0 radical (unpaired) electrons. The maximum atomic E-state index is 15.1. The molecular formula is C24H13FN4O2. The van der Waals surface area contributed by atoms with Crippen molar-refractivity contribution in [3.05, 3.63) is 105 Å². The second-order valence-electron chi connectivity index (χ2n) is 6.99. The number of aromatic amines is 1. The second kappa shape index (κ2) is 7.04. The molecule has 3 aromatic carbocycles. The zero-order valence-electron chi connectivity index (χ0n) is 16.0. The third kappa shape index (κ3) is 2.90. The van der Waals surface area contributed by atoms with Gasteiger partial charge in [-0.1, -0.05) is 42.5 Å². The second-order valence-corrected chi connectivity index (χ2v) is 6.99. The van der Waals surface area contributed by atoms with E-state index in [4.69, 9.17) is 0 Å². The summed E-state index contributed by atoms with van der Waals surface area (Å²) in [6.45, 7) is 0. The van der Waals surface area contributed by atoms with E-state index in [1.54, 1.807) is 42.6 Å². The van der Waals surface area contributed by atoms with E-state index in [9.17, 15) is 14.9 Å². The van der Waals surface area contributed by atoms with E-state index in [1.807, 2.05) is 12.1 Å². The first-order valence-electron chi connectivity index (χ1n) is 9.39. The summed E-state index contributed by atoms with van der Waals surface area (Å²) in [7, 11) is 0. The summed E-state index contributed by atoms with van der Waals surface area (Å²) < 4.78 is 16.0. The van der Waals surface area contributed by atoms with Crippen LogP contribution in [0.4, 0.5) is 4.39 Å². The van der Waals surface area contributed by atoms with Crippen LogP contribution in [0.3, 0.4) is 0 Å². The molecule has 0 atom stereocenters. The Morgan fingerprint density at radius 3 is 2.61 bits per heavy atom. The molecule has 0 saturated carbocycles. The highest BCUT2D eigenvalue weighted by Crippen LogP contribution is 2.27. The highest BCUT2D eigenvalue weighted by Gasteiger charge is 2.17. The molecule has 2 aromatic heterocycles. The number of nitrogens with one attached hydrogen (secondary N) is 1. The maximum Gasteiger partial charge on any atom is 0.333 e. The quantitative estimate of drug-likeness (QED) is 0.479. The van der Waals surface area contributed by atoms with Crippen LogP contribution in [-0.2, 0) is 0 Å². The Hall–Kier alpha value is -4.57. The molecule has 0 fully saturated rings. The van der Waals surface area contributed by atoms with Gasteiger partial charge in [-0.3, -0.25) is 9.78 Å². The number of pyridine rings is 1. The lowest BCUT2D eigenvalue weighted by molar-refractivity contribution is 0.637. The number of fused-ring (bicyclic) bond motifs is 2. The van der Waals surface area contributed by atoms with E-state index in [1.165, 1.54) is 18.3 Å². The minimum Gasteiger partial charge on any atom is -0.306 e. The van der Waals surface area contributed by atoms with Crippen molar-refractivity contribution in [1.29, 1.82) is 5.26 Å². The van der Waals surface area contributed by atoms with E-state index in [2.05, 4.69) is 16.0 Å². The lowest BCUT2D eigenvalue weighted by atomic mass is 9.99. The SMILES string of the molecule is N#Cc1ccccc1-c1cc(F)c2c(=O)n(-c3cncc4ccccc34)c(=O)[nH]c2c1. The summed E-state index contributed by atoms with van der Waals surface area (Å²) >= 11 is 0. The highest BCUT2D eigenvalue weighted by molar-refractivity contribution is 5.90. The van der Waals surface area contributed by atoms with E-state index >= 15 is 4.39 Å². The first kappa shape index (κ1) is 18.5. The molecule has 0 bridgehead atoms. The summed E-state index contributed by atoms with van der Waals surface area (Å²) in [5, 5.41) is 10.5. The number of nitrogens with zero attached hydrogens (tertiary/aromatic N) is 3. The van der Waals surface area contributed by atoms with Crippen LogP contribution in [0.25, 0.3) is 38.5 Å². The molecule has 0 saturated heterocycles. The predicted molar refractivity (Wildman–Crippen MR) is 116 cm³/mol. The predicted octanol–water partition coefficient (Wildman–Crippen LogP) is 3.90. The van der Waals surface area contributed by atoms with Crippen LogP contribution in [0.1, 0.15) is 5.56 Å². The Labute approximate surface area is 174 Å². The smallest absolute Gasteiger partial charge is 0.306 e. The number of H-pyrrole nitrogens is 1. The van der Waals surface area contributed by atoms with Gasteiger partial charge in [0.2, 0.25) is 0 Å². The zero-order chi connectivity index (χ0) is 21.5. The molecule has 6 nitrogen and oxygen atoms in total. The van der Waals surface area contributed by atoms with Crippen molar-refractivity contribution >= 4 is 21.7 Å². The van der Waals surface area contributed by atoms with Gasteiger partial charge in [-0.2, -0.15) is 5.26 Å². The molecule has 5 aromatic rings. The van der Waals surface area contributed by atoms with Gasteiger partial charge in [-0.15, -0.1) is 0 Å². The molecule has 0 aliphatic carbocycles. The molecule has 0 aliphatic rings. The Kier molecular flexibility index (Phi) is 4.19. The van der Waals surface area contributed by atoms with Crippen LogP contribution < -0.4 is 11.2 Å². The molecule has 148 valence electrons. The van der Waals surface area contributed by atoms with Crippen molar-refractivity contribution in [2.75, 3.05) is 0 Å². The molecule has 0 aliphatic heterocycles. The fraction of sp³-hybridized carbons (Fsp3) is 0. The van der Waals surface area contributed by atoms with Gasteiger partial charge in [-0.25, -0.2) is 13.8 Å². The number of benzene rings is 3. The van der Waals surface area contributed by atoms with Crippen LogP contribution in [-0.4, -0.2) is 14.5 Å². The van der Waals surface area contributed by atoms with Crippen LogP contribution in [0.15, 0.2) is 82.6 Å². The molecule has 0 amide bonds. The van der Waals surface area contributed by atoms with Crippen molar-refractivity contribution in [3.8, 4) is 22.9 Å². The van der Waals surface area contributed by atoms with Crippen LogP contribution in [0, 0.1) is 17.1 Å². The fourth-order valence-electron chi connectivity index (χ4n) is 3.78. The molecule has 2 heterocycles. The van der Waals surface area contributed by atoms with Crippen molar-refractivity contribution in [3.63, 3.8) is 0 Å². The first-order valence-corrected chi connectivity index (χ1v) is 9.39. The summed E-state index contributed by atoms with van der Waals surface area (Å²) in [6, 6.07) is 18.7. The largest absolute Gasteiger partial charge is 0.333 e. The molecule has 7 heteroatoms. The van der Waals surface area contributed by atoms with E-state index < -0.39 is 17.1 Å². The summed E-state index contributed by atoms with van der Waals surface area (Å²) in [6.07, 6.45) is 3.03. The van der Waals surface area contributed by atoms with Crippen molar-refractivity contribution in [1.82, 2.24) is 14.5 Å². The number of nitriles is 1. The van der Waals surface area contributed by atoms with Gasteiger partial charge in [0.1, 0.15) is 5.82 Å². The molecular weight excluding hydrogens is 395 g/mol. The van der Waals surface area contributed by atoms with Gasteiger partial charge in [0.25, 0.3) is 5.56 Å². The Morgan fingerprint density at radius 2 is 1.77 bits per heavy atom. The summed E-state index contributed by atoms with van der Waals surface area (Å²) in [5.41, 5.74) is 0.0941. The lowest BCUT2D eigenvalue weighted by Gasteiger charge is -2.11. The standard InChI is InChI=1S/C24H13FN4O2/c25-19-9-16(17-7-3-1-5-14(17)11-26)10-20-22(19)23(30)29(24(31)28-20)21-13-27-12-15-6-2-4-8-18(15)21/h1-10,12-13H,(H,28,31). The molecule has 31 heavy (non-hydrogen) atoms. The minimum absolute atomic E-state index is 0.0576. The van der Waals surface area contributed by atoms with E-state index in [-0.39, 0.29) is 16.6 Å². The fourth-order valence-corrected chi connectivity index (χ4v) is 3.78. The monoisotopic (exact) mass is 408 g/mol. The van der Waals surface area contributed by atoms with Gasteiger partial charge >= 0.3 is 5.69 Å². The summed E-state index contributed by atoms with van der Waals surface area (Å²) in [5.74, 6) is -0.788. The minimum atomic E-state index is -0.788. The van der Waals surface area contributed by atoms with Crippen LogP contribution >= 0.6 is 0 Å². The van der Waals surface area contributed by atoms with Crippen LogP contribution in [0.5, 0.6) is 0 Å². The number of hydrogen-bond acceptors (Lipinski definition) is 4. The van der Waals surface area contributed by atoms with Crippen molar-refractivity contribution in [2.45, 2.75) is 0 Å². The topological polar surface area (TPSA) is 91.5 Å². The number of rotatable bonds is 2. The van der Waals surface area contributed by atoms with E-state index in [0.29, 0.717) is 22.1 Å². The third-order valence-corrected chi connectivity index (χ3v) is 5.20. The van der Waals surface area contributed by atoms with Crippen LogP contribution in [0.2, 0.25) is 0 Å². The molecule has 5 rings (SSSR count). The lowest BCUT2D eigenvalue weighted by Crippen LogP contribution is -2.34. The first-order chi connectivity index (χ1) is 15.1. The molecule has 0 unspecified atom stereocenters. The molecule has 1 N–H and O–H groups in total. The van der Waals surface area contributed by atoms with Gasteiger partial charge in [0.05, 0.1) is 34.4 Å².